The average Bonchev–Trinajstić information content (AvgIpc) is 2.51. The molecule has 0 atom stereocenters. The summed E-state index contributed by atoms with van der Waals surface area (Å²) in [6, 6.07) is 11.5. The Morgan fingerprint density at radius 2 is 1.96 bits per heavy atom. The molecule has 0 bridgehead atoms. The highest BCUT2D eigenvalue weighted by Gasteiger charge is 2.23. The monoisotopic (exact) mass is 332 g/mol. The van der Waals surface area contributed by atoms with E-state index in [0.717, 1.165) is 5.56 Å². The van der Waals surface area contributed by atoms with Crippen molar-refractivity contribution in [3.8, 4) is 5.75 Å². The highest BCUT2D eigenvalue weighted by molar-refractivity contribution is 6.44. The van der Waals surface area contributed by atoms with Gasteiger partial charge in [0.15, 0.2) is 0 Å². The molecule has 120 valence electrons. The van der Waals surface area contributed by atoms with Crippen molar-refractivity contribution in [1.29, 1.82) is 0 Å². The first-order chi connectivity index (χ1) is 10.9. The minimum Gasteiger partial charge on any atom is -0.506 e. The quantitative estimate of drug-likeness (QED) is 0.669. The van der Waals surface area contributed by atoms with Crippen LogP contribution in [0.2, 0.25) is 5.02 Å². The Morgan fingerprint density at radius 3 is 2.61 bits per heavy atom. The highest BCUT2D eigenvalue weighted by Crippen LogP contribution is 2.26. The lowest BCUT2D eigenvalue weighted by Crippen LogP contribution is -2.39. The van der Waals surface area contributed by atoms with Crippen LogP contribution in [0.4, 0.5) is 11.4 Å². The van der Waals surface area contributed by atoms with E-state index >= 15 is 0 Å². The Hall–Kier alpha value is -2.53. The van der Waals surface area contributed by atoms with Crippen molar-refractivity contribution in [2.75, 3.05) is 16.8 Å². The van der Waals surface area contributed by atoms with Gasteiger partial charge in [-0.1, -0.05) is 23.7 Å². The van der Waals surface area contributed by atoms with Gasteiger partial charge in [0.25, 0.3) is 0 Å². The van der Waals surface area contributed by atoms with Gasteiger partial charge in [0.2, 0.25) is 0 Å². The average molecular weight is 333 g/mol. The number of aromatic hydroxyl groups is 1. The molecule has 0 aromatic heterocycles. The summed E-state index contributed by atoms with van der Waals surface area (Å²) in [5, 5.41) is 12.4. The summed E-state index contributed by atoms with van der Waals surface area (Å²) in [4.78, 5) is 25.9. The van der Waals surface area contributed by atoms with E-state index in [4.69, 9.17) is 11.6 Å². The second-order valence-electron chi connectivity index (χ2n) is 5.00. The lowest BCUT2D eigenvalue weighted by molar-refractivity contribution is -0.134. The van der Waals surface area contributed by atoms with Gasteiger partial charge < -0.3 is 15.3 Å². The van der Waals surface area contributed by atoms with E-state index in [2.05, 4.69) is 5.32 Å². The fourth-order valence-electron chi connectivity index (χ4n) is 2.15. The standard InChI is InChI=1S/C17H17ClN2O3/c1-3-20(13-6-4-5-11(2)9-13)17(23)16(22)19-14-10-12(18)7-8-15(14)21/h4-10,21H,3H2,1-2H3,(H,19,22). The van der Waals surface area contributed by atoms with Gasteiger partial charge >= 0.3 is 11.8 Å². The number of likely N-dealkylation sites (N-methyl/N-ethyl adjacent to an activating group) is 1. The number of carbonyl (C=O) groups is 2. The number of anilines is 2. The molecule has 5 nitrogen and oxygen atoms in total. The second kappa shape index (κ2) is 7.15. The number of phenolic OH excluding ortho intramolecular Hbond substituents is 1. The molecule has 6 heteroatoms. The summed E-state index contributed by atoms with van der Waals surface area (Å²) < 4.78 is 0. The van der Waals surface area contributed by atoms with Crippen LogP contribution in [0.1, 0.15) is 12.5 Å². The van der Waals surface area contributed by atoms with Crippen molar-refractivity contribution in [3.63, 3.8) is 0 Å². The van der Waals surface area contributed by atoms with E-state index in [1.807, 2.05) is 25.1 Å². The van der Waals surface area contributed by atoms with Gasteiger partial charge in [-0.25, -0.2) is 0 Å². The Labute approximate surface area is 139 Å². The molecule has 0 heterocycles. The number of amides is 2. The number of hydrogen-bond donors (Lipinski definition) is 2. The number of benzene rings is 2. The Morgan fingerprint density at radius 1 is 1.22 bits per heavy atom. The van der Waals surface area contributed by atoms with E-state index in [1.165, 1.54) is 23.1 Å². The fourth-order valence-corrected chi connectivity index (χ4v) is 2.32. The number of nitrogens with zero attached hydrogens (tertiary/aromatic N) is 1. The van der Waals surface area contributed by atoms with E-state index < -0.39 is 11.8 Å². The fraction of sp³-hybridized carbons (Fsp3) is 0.176. The van der Waals surface area contributed by atoms with Crippen molar-refractivity contribution in [2.24, 2.45) is 0 Å². The largest absolute Gasteiger partial charge is 0.506 e. The normalized spacial score (nSPS) is 10.2. The number of halogens is 1. The lowest BCUT2D eigenvalue weighted by Gasteiger charge is -2.21. The molecule has 0 spiro atoms. The van der Waals surface area contributed by atoms with Gasteiger partial charge in [0.1, 0.15) is 5.75 Å². The van der Waals surface area contributed by atoms with Crippen molar-refractivity contribution < 1.29 is 14.7 Å². The zero-order valence-corrected chi connectivity index (χ0v) is 13.6. The first-order valence-corrected chi connectivity index (χ1v) is 7.48. The molecular weight excluding hydrogens is 316 g/mol. The molecule has 0 saturated carbocycles. The van der Waals surface area contributed by atoms with Gasteiger partial charge in [-0.3, -0.25) is 9.59 Å². The van der Waals surface area contributed by atoms with Crippen LogP contribution in [0.25, 0.3) is 0 Å². The van der Waals surface area contributed by atoms with Crippen LogP contribution in [0.15, 0.2) is 42.5 Å². The van der Waals surface area contributed by atoms with Crippen molar-refractivity contribution >= 4 is 34.8 Å². The van der Waals surface area contributed by atoms with Crippen LogP contribution < -0.4 is 10.2 Å². The van der Waals surface area contributed by atoms with Crippen molar-refractivity contribution in [1.82, 2.24) is 0 Å². The highest BCUT2D eigenvalue weighted by atomic mass is 35.5. The third-order valence-corrected chi connectivity index (χ3v) is 3.51. The zero-order valence-electron chi connectivity index (χ0n) is 12.8. The molecule has 0 radical (unpaired) electrons. The maximum Gasteiger partial charge on any atom is 0.316 e. The third-order valence-electron chi connectivity index (χ3n) is 3.28. The number of phenols is 1. The van der Waals surface area contributed by atoms with Crippen LogP contribution >= 0.6 is 11.6 Å². The smallest absolute Gasteiger partial charge is 0.316 e. The molecule has 0 unspecified atom stereocenters. The molecule has 2 rings (SSSR count). The summed E-state index contributed by atoms with van der Waals surface area (Å²) in [6.07, 6.45) is 0. The third kappa shape index (κ3) is 4.02. The molecule has 0 aliphatic rings. The van der Waals surface area contributed by atoms with Crippen molar-refractivity contribution in [3.05, 3.63) is 53.1 Å². The van der Waals surface area contributed by atoms with E-state index in [-0.39, 0.29) is 11.4 Å². The van der Waals surface area contributed by atoms with E-state index in [9.17, 15) is 14.7 Å². The zero-order chi connectivity index (χ0) is 17.0. The molecule has 23 heavy (non-hydrogen) atoms. The Kier molecular flexibility index (Phi) is 5.24. The van der Waals surface area contributed by atoms with Gasteiger partial charge in [0, 0.05) is 17.3 Å². The first-order valence-electron chi connectivity index (χ1n) is 7.10. The summed E-state index contributed by atoms with van der Waals surface area (Å²) in [5.41, 5.74) is 1.72. The van der Waals surface area contributed by atoms with Crippen LogP contribution in [0.3, 0.4) is 0 Å². The van der Waals surface area contributed by atoms with Gasteiger partial charge in [-0.2, -0.15) is 0 Å². The molecule has 2 aromatic rings. The van der Waals surface area contributed by atoms with Crippen LogP contribution in [-0.4, -0.2) is 23.5 Å². The number of nitrogens with one attached hydrogen (secondary N) is 1. The van der Waals surface area contributed by atoms with Crippen LogP contribution in [0, 0.1) is 6.92 Å². The first kappa shape index (κ1) is 16.8. The molecule has 0 aliphatic heterocycles. The number of hydrogen-bond acceptors (Lipinski definition) is 3. The predicted octanol–water partition coefficient (Wildman–Crippen LogP) is 3.35. The predicted molar refractivity (Wildman–Crippen MR) is 91.0 cm³/mol. The van der Waals surface area contributed by atoms with Gasteiger partial charge in [-0.05, 0) is 49.7 Å². The molecule has 0 aliphatic carbocycles. The topological polar surface area (TPSA) is 69.6 Å². The summed E-state index contributed by atoms with van der Waals surface area (Å²) in [5.74, 6) is -1.71. The molecular formula is C17H17ClN2O3. The maximum absolute atomic E-state index is 12.4. The Balaban J connectivity index is 2.20. The van der Waals surface area contributed by atoms with E-state index in [0.29, 0.717) is 17.3 Å². The maximum atomic E-state index is 12.4. The molecule has 2 N–H and O–H groups in total. The number of aryl methyl sites for hydroxylation is 1. The number of carbonyl (C=O) groups excluding carboxylic acids is 2. The second-order valence-corrected chi connectivity index (χ2v) is 5.44. The van der Waals surface area contributed by atoms with Gasteiger partial charge in [0.05, 0.1) is 5.69 Å². The van der Waals surface area contributed by atoms with Gasteiger partial charge in [-0.15, -0.1) is 0 Å². The summed E-state index contributed by atoms with van der Waals surface area (Å²) in [7, 11) is 0. The van der Waals surface area contributed by atoms with Crippen molar-refractivity contribution in [2.45, 2.75) is 13.8 Å². The minimum atomic E-state index is -0.842. The Bertz CT molecular complexity index is 746. The summed E-state index contributed by atoms with van der Waals surface area (Å²) in [6.45, 7) is 4.04. The van der Waals surface area contributed by atoms with E-state index in [1.54, 1.807) is 13.0 Å². The molecule has 2 aromatic carbocycles. The molecule has 0 saturated heterocycles. The summed E-state index contributed by atoms with van der Waals surface area (Å²) >= 11 is 5.83. The van der Waals surface area contributed by atoms with Crippen LogP contribution in [-0.2, 0) is 9.59 Å². The number of rotatable bonds is 3. The lowest BCUT2D eigenvalue weighted by atomic mass is 10.2. The SMILES string of the molecule is CCN(C(=O)C(=O)Nc1cc(Cl)ccc1O)c1cccc(C)c1. The minimum absolute atomic E-state index is 0.0937. The molecule has 2 amide bonds. The molecule has 0 fully saturated rings. The van der Waals surface area contributed by atoms with Crippen LogP contribution in [0.5, 0.6) is 5.75 Å².